The van der Waals surface area contributed by atoms with Gasteiger partial charge < -0.3 is 10.6 Å². The summed E-state index contributed by atoms with van der Waals surface area (Å²) in [7, 11) is 0. The van der Waals surface area contributed by atoms with Crippen LogP contribution in [0.25, 0.3) is 0 Å². The largest absolute Gasteiger partial charge is 0.325 e. The summed E-state index contributed by atoms with van der Waals surface area (Å²) in [6.45, 7) is 8.85. The molecule has 0 aliphatic rings. The fourth-order valence-corrected chi connectivity index (χ4v) is 1.57. The Bertz CT molecular complexity index is 371. The van der Waals surface area contributed by atoms with Gasteiger partial charge in [0.05, 0.1) is 6.54 Å². The Morgan fingerprint density at radius 2 is 1.78 bits per heavy atom. The van der Waals surface area contributed by atoms with E-state index in [9.17, 15) is 4.79 Å². The van der Waals surface area contributed by atoms with Gasteiger partial charge in [-0.3, -0.25) is 4.79 Å². The van der Waals surface area contributed by atoms with Crippen LogP contribution in [0.15, 0.2) is 24.3 Å². The summed E-state index contributed by atoms with van der Waals surface area (Å²) in [5.41, 5.74) is 2.14. The molecule has 1 atom stereocenters. The van der Waals surface area contributed by atoms with E-state index in [0.29, 0.717) is 18.5 Å². The number of amides is 1. The highest BCUT2D eigenvalue weighted by Gasteiger charge is 2.05. The van der Waals surface area contributed by atoms with E-state index in [1.807, 2.05) is 12.1 Å². The normalized spacial score (nSPS) is 12.5. The standard InChI is InChI=1S/C15H24N2O/c1-5-12(4)16-10-15(18)17-14-8-6-13(7-9-14)11(2)3/h6-9,11-12,16H,5,10H2,1-4H3,(H,17,18). The molecule has 0 bridgehead atoms. The molecule has 100 valence electrons. The van der Waals surface area contributed by atoms with Crippen molar-refractivity contribution in [2.45, 2.75) is 46.1 Å². The summed E-state index contributed by atoms with van der Waals surface area (Å²) in [6.07, 6.45) is 1.02. The van der Waals surface area contributed by atoms with Crippen molar-refractivity contribution in [3.8, 4) is 0 Å². The number of anilines is 1. The van der Waals surface area contributed by atoms with Gasteiger partial charge in [-0.05, 0) is 37.0 Å². The van der Waals surface area contributed by atoms with Gasteiger partial charge in [0.1, 0.15) is 0 Å². The molecule has 0 saturated carbocycles. The molecule has 1 aromatic rings. The quantitative estimate of drug-likeness (QED) is 0.812. The summed E-state index contributed by atoms with van der Waals surface area (Å²) >= 11 is 0. The van der Waals surface area contributed by atoms with Crippen molar-refractivity contribution in [2.75, 3.05) is 11.9 Å². The highest BCUT2D eigenvalue weighted by atomic mass is 16.1. The molecule has 0 aliphatic carbocycles. The van der Waals surface area contributed by atoms with E-state index < -0.39 is 0 Å². The maximum atomic E-state index is 11.7. The zero-order chi connectivity index (χ0) is 13.5. The van der Waals surface area contributed by atoms with Gasteiger partial charge in [0.25, 0.3) is 0 Å². The van der Waals surface area contributed by atoms with Crippen molar-refractivity contribution in [3.63, 3.8) is 0 Å². The molecule has 0 radical (unpaired) electrons. The number of hydrogen-bond acceptors (Lipinski definition) is 2. The molecular formula is C15H24N2O. The first kappa shape index (κ1) is 14.7. The molecule has 0 spiro atoms. The molecule has 1 unspecified atom stereocenters. The molecule has 0 heterocycles. The summed E-state index contributed by atoms with van der Waals surface area (Å²) < 4.78 is 0. The minimum Gasteiger partial charge on any atom is -0.325 e. The van der Waals surface area contributed by atoms with E-state index >= 15 is 0 Å². The van der Waals surface area contributed by atoms with Crippen molar-refractivity contribution in [3.05, 3.63) is 29.8 Å². The van der Waals surface area contributed by atoms with E-state index in [0.717, 1.165) is 12.1 Å². The SMILES string of the molecule is CCC(C)NCC(=O)Nc1ccc(C(C)C)cc1. The summed E-state index contributed by atoms with van der Waals surface area (Å²) in [4.78, 5) is 11.7. The lowest BCUT2D eigenvalue weighted by Crippen LogP contribution is -2.33. The third kappa shape index (κ3) is 4.88. The van der Waals surface area contributed by atoms with Gasteiger partial charge in [-0.2, -0.15) is 0 Å². The molecule has 2 N–H and O–H groups in total. The van der Waals surface area contributed by atoms with Gasteiger partial charge in [-0.15, -0.1) is 0 Å². The minimum absolute atomic E-state index is 0.00703. The number of nitrogens with one attached hydrogen (secondary N) is 2. The predicted molar refractivity (Wildman–Crippen MR) is 76.9 cm³/mol. The number of hydrogen-bond donors (Lipinski definition) is 2. The lowest BCUT2D eigenvalue weighted by Gasteiger charge is -2.12. The topological polar surface area (TPSA) is 41.1 Å². The molecular weight excluding hydrogens is 224 g/mol. The Hall–Kier alpha value is -1.35. The van der Waals surface area contributed by atoms with Crippen molar-refractivity contribution >= 4 is 11.6 Å². The van der Waals surface area contributed by atoms with Crippen LogP contribution in [0.5, 0.6) is 0 Å². The zero-order valence-corrected chi connectivity index (χ0v) is 11.8. The van der Waals surface area contributed by atoms with Crippen LogP contribution in [0.2, 0.25) is 0 Å². The summed E-state index contributed by atoms with van der Waals surface area (Å²) in [5.74, 6) is 0.523. The fourth-order valence-electron chi connectivity index (χ4n) is 1.57. The first-order valence-corrected chi connectivity index (χ1v) is 6.66. The predicted octanol–water partition coefficient (Wildman–Crippen LogP) is 3.14. The first-order chi connectivity index (χ1) is 8.52. The fraction of sp³-hybridized carbons (Fsp3) is 0.533. The van der Waals surface area contributed by atoms with Crippen molar-refractivity contribution in [1.29, 1.82) is 0 Å². The number of carbonyl (C=O) groups excluding carboxylic acids is 1. The monoisotopic (exact) mass is 248 g/mol. The van der Waals surface area contributed by atoms with Crippen LogP contribution in [0.1, 0.15) is 45.6 Å². The third-order valence-corrected chi connectivity index (χ3v) is 3.08. The van der Waals surface area contributed by atoms with Crippen molar-refractivity contribution in [2.24, 2.45) is 0 Å². The molecule has 0 fully saturated rings. The highest BCUT2D eigenvalue weighted by molar-refractivity contribution is 5.92. The molecule has 1 rings (SSSR count). The Balaban J connectivity index is 2.44. The molecule has 3 heteroatoms. The Morgan fingerprint density at radius 1 is 1.17 bits per heavy atom. The lowest BCUT2D eigenvalue weighted by molar-refractivity contribution is -0.115. The molecule has 0 aromatic heterocycles. The summed E-state index contributed by atoms with van der Waals surface area (Å²) in [6, 6.07) is 8.40. The van der Waals surface area contributed by atoms with Gasteiger partial charge >= 0.3 is 0 Å². The molecule has 1 amide bonds. The van der Waals surface area contributed by atoms with Crippen LogP contribution in [-0.4, -0.2) is 18.5 Å². The average molecular weight is 248 g/mol. The van der Waals surface area contributed by atoms with E-state index in [1.165, 1.54) is 5.56 Å². The Labute approximate surface area is 110 Å². The van der Waals surface area contributed by atoms with Gasteiger partial charge in [0.2, 0.25) is 5.91 Å². The number of benzene rings is 1. The number of rotatable bonds is 6. The van der Waals surface area contributed by atoms with Crippen LogP contribution in [0, 0.1) is 0 Å². The molecule has 0 aliphatic heterocycles. The zero-order valence-electron chi connectivity index (χ0n) is 11.8. The average Bonchev–Trinajstić information content (AvgIpc) is 2.36. The molecule has 0 saturated heterocycles. The second-order valence-corrected chi connectivity index (χ2v) is 5.02. The maximum absolute atomic E-state index is 11.7. The minimum atomic E-state index is 0.00703. The van der Waals surface area contributed by atoms with Crippen molar-refractivity contribution < 1.29 is 4.79 Å². The lowest BCUT2D eigenvalue weighted by atomic mass is 10.0. The summed E-state index contributed by atoms with van der Waals surface area (Å²) in [5, 5.41) is 6.06. The number of carbonyl (C=O) groups is 1. The third-order valence-electron chi connectivity index (χ3n) is 3.08. The van der Waals surface area contributed by atoms with Crippen LogP contribution in [0.3, 0.4) is 0 Å². The van der Waals surface area contributed by atoms with E-state index in [2.05, 4.69) is 50.5 Å². The van der Waals surface area contributed by atoms with Gasteiger partial charge in [0.15, 0.2) is 0 Å². The van der Waals surface area contributed by atoms with E-state index in [1.54, 1.807) is 0 Å². The molecule has 3 nitrogen and oxygen atoms in total. The van der Waals surface area contributed by atoms with E-state index in [-0.39, 0.29) is 5.91 Å². The smallest absolute Gasteiger partial charge is 0.238 e. The second kappa shape index (κ2) is 7.17. The Morgan fingerprint density at radius 3 is 2.28 bits per heavy atom. The van der Waals surface area contributed by atoms with Crippen LogP contribution < -0.4 is 10.6 Å². The van der Waals surface area contributed by atoms with Crippen LogP contribution in [-0.2, 0) is 4.79 Å². The van der Waals surface area contributed by atoms with Crippen molar-refractivity contribution in [1.82, 2.24) is 5.32 Å². The molecule has 1 aromatic carbocycles. The van der Waals surface area contributed by atoms with Crippen LogP contribution >= 0.6 is 0 Å². The van der Waals surface area contributed by atoms with Gasteiger partial charge in [-0.1, -0.05) is 32.9 Å². The van der Waals surface area contributed by atoms with Gasteiger partial charge in [0, 0.05) is 11.7 Å². The highest BCUT2D eigenvalue weighted by Crippen LogP contribution is 2.16. The van der Waals surface area contributed by atoms with Gasteiger partial charge in [-0.25, -0.2) is 0 Å². The Kier molecular flexibility index (Phi) is 5.86. The maximum Gasteiger partial charge on any atom is 0.238 e. The second-order valence-electron chi connectivity index (χ2n) is 5.02. The first-order valence-electron chi connectivity index (χ1n) is 6.66. The molecule has 18 heavy (non-hydrogen) atoms. The van der Waals surface area contributed by atoms with Crippen LogP contribution in [0.4, 0.5) is 5.69 Å². The van der Waals surface area contributed by atoms with E-state index in [4.69, 9.17) is 0 Å².